The molecule has 1 aromatic carbocycles. The number of H-pyrrole nitrogens is 1. The molecule has 3 rings (SSSR count). The maximum atomic E-state index is 14.4. The fourth-order valence-electron chi connectivity index (χ4n) is 2.26. The van der Waals surface area contributed by atoms with Gasteiger partial charge in [0.05, 0.1) is 11.2 Å². The number of halogens is 1. The highest BCUT2D eigenvalue weighted by Crippen LogP contribution is 2.36. The molecule has 21 heavy (non-hydrogen) atoms. The summed E-state index contributed by atoms with van der Waals surface area (Å²) in [6.45, 7) is 7.79. The van der Waals surface area contributed by atoms with Gasteiger partial charge in [0.1, 0.15) is 11.6 Å². The molecule has 1 aliphatic rings. The largest absolute Gasteiger partial charge is 0.497 e. The smallest absolute Gasteiger partial charge is 0.399 e. The summed E-state index contributed by atoms with van der Waals surface area (Å²) in [5, 5.41) is 0. The van der Waals surface area contributed by atoms with E-state index in [0.717, 1.165) is 0 Å². The highest BCUT2D eigenvalue weighted by Gasteiger charge is 2.52. The SMILES string of the molecule is CC1(C)OB(c2ccc(-c3ncc[nH]3)cc2F)OC1(C)C. The van der Waals surface area contributed by atoms with Crippen molar-refractivity contribution >= 4 is 12.6 Å². The predicted octanol–water partition coefficient (Wildman–Crippen LogP) is 2.52. The van der Waals surface area contributed by atoms with E-state index < -0.39 is 18.3 Å². The summed E-state index contributed by atoms with van der Waals surface area (Å²) in [6, 6.07) is 4.94. The zero-order valence-electron chi connectivity index (χ0n) is 12.6. The van der Waals surface area contributed by atoms with Gasteiger partial charge in [-0.05, 0) is 33.8 Å². The van der Waals surface area contributed by atoms with Crippen molar-refractivity contribution in [3.05, 3.63) is 36.4 Å². The number of imidazole rings is 1. The number of rotatable bonds is 2. The Bertz CT molecular complexity index is 640. The number of aromatic amines is 1. The van der Waals surface area contributed by atoms with E-state index >= 15 is 0 Å². The molecule has 0 aliphatic carbocycles. The molecule has 2 heterocycles. The monoisotopic (exact) mass is 288 g/mol. The van der Waals surface area contributed by atoms with Gasteiger partial charge in [-0.2, -0.15) is 0 Å². The summed E-state index contributed by atoms with van der Waals surface area (Å²) < 4.78 is 26.1. The highest BCUT2D eigenvalue weighted by molar-refractivity contribution is 6.62. The molecule has 6 heteroatoms. The molecule has 1 N–H and O–H groups in total. The maximum Gasteiger partial charge on any atom is 0.497 e. The van der Waals surface area contributed by atoms with Crippen LogP contribution in [0.25, 0.3) is 11.4 Å². The van der Waals surface area contributed by atoms with Gasteiger partial charge in [0.2, 0.25) is 0 Å². The first kappa shape index (κ1) is 14.3. The van der Waals surface area contributed by atoms with Crippen LogP contribution >= 0.6 is 0 Å². The summed E-state index contributed by atoms with van der Waals surface area (Å²) in [7, 11) is -0.694. The Kier molecular flexibility index (Phi) is 3.18. The van der Waals surface area contributed by atoms with Crippen molar-refractivity contribution in [1.29, 1.82) is 0 Å². The van der Waals surface area contributed by atoms with Crippen LogP contribution in [0.4, 0.5) is 4.39 Å². The van der Waals surface area contributed by atoms with Crippen molar-refractivity contribution in [2.45, 2.75) is 38.9 Å². The van der Waals surface area contributed by atoms with Gasteiger partial charge in [-0.15, -0.1) is 0 Å². The van der Waals surface area contributed by atoms with Gasteiger partial charge in [0, 0.05) is 23.4 Å². The normalized spacial score (nSPS) is 20.0. The van der Waals surface area contributed by atoms with E-state index in [1.54, 1.807) is 18.5 Å². The van der Waals surface area contributed by atoms with E-state index in [1.165, 1.54) is 6.07 Å². The molecule has 1 aromatic heterocycles. The van der Waals surface area contributed by atoms with Crippen LogP contribution in [0.2, 0.25) is 0 Å². The zero-order valence-corrected chi connectivity index (χ0v) is 12.6. The lowest BCUT2D eigenvalue weighted by Crippen LogP contribution is -2.41. The van der Waals surface area contributed by atoms with Gasteiger partial charge in [0.25, 0.3) is 0 Å². The Morgan fingerprint density at radius 2 is 1.81 bits per heavy atom. The zero-order chi connectivity index (χ0) is 15.3. The minimum absolute atomic E-state index is 0.359. The standard InChI is InChI=1S/C15H18BFN2O2/c1-14(2)15(3,4)21-16(20-14)11-6-5-10(9-12(11)17)13-18-7-8-19-13/h5-9H,1-4H3,(H,18,19). The number of benzene rings is 1. The third-order valence-electron chi connectivity index (χ3n) is 4.28. The molecule has 0 bridgehead atoms. The number of hydrogen-bond acceptors (Lipinski definition) is 3. The van der Waals surface area contributed by atoms with Gasteiger partial charge in [-0.1, -0.05) is 12.1 Å². The Labute approximate surface area is 123 Å². The first-order valence-corrected chi connectivity index (χ1v) is 6.95. The van der Waals surface area contributed by atoms with Gasteiger partial charge in [0.15, 0.2) is 0 Å². The molecule has 0 radical (unpaired) electrons. The first-order valence-electron chi connectivity index (χ1n) is 6.95. The van der Waals surface area contributed by atoms with Crippen molar-refractivity contribution < 1.29 is 13.7 Å². The van der Waals surface area contributed by atoms with Crippen LogP contribution in [0.15, 0.2) is 30.6 Å². The van der Waals surface area contributed by atoms with Crippen molar-refractivity contribution in [1.82, 2.24) is 9.97 Å². The molecule has 1 aliphatic heterocycles. The fraction of sp³-hybridized carbons (Fsp3) is 0.400. The maximum absolute atomic E-state index is 14.4. The Hall–Kier alpha value is -1.66. The van der Waals surface area contributed by atoms with E-state index in [9.17, 15) is 4.39 Å². The first-order chi connectivity index (χ1) is 9.80. The van der Waals surface area contributed by atoms with Crippen LogP contribution < -0.4 is 5.46 Å². The van der Waals surface area contributed by atoms with Crippen molar-refractivity contribution in [3.8, 4) is 11.4 Å². The minimum Gasteiger partial charge on any atom is -0.399 e. The minimum atomic E-state index is -0.694. The molecule has 2 aromatic rings. The summed E-state index contributed by atoms with van der Waals surface area (Å²) in [5.41, 5.74) is 0.134. The second-order valence-electron chi connectivity index (χ2n) is 6.26. The molecular weight excluding hydrogens is 270 g/mol. The fourth-order valence-corrected chi connectivity index (χ4v) is 2.26. The number of nitrogens with zero attached hydrogens (tertiary/aromatic N) is 1. The molecule has 0 saturated carbocycles. The van der Waals surface area contributed by atoms with Crippen LogP contribution in [0.3, 0.4) is 0 Å². The average molecular weight is 288 g/mol. The van der Waals surface area contributed by atoms with Gasteiger partial charge in [-0.25, -0.2) is 9.37 Å². The van der Waals surface area contributed by atoms with Gasteiger partial charge < -0.3 is 14.3 Å². The Balaban J connectivity index is 1.91. The van der Waals surface area contributed by atoms with Crippen LogP contribution in [-0.2, 0) is 9.31 Å². The lowest BCUT2D eigenvalue weighted by Gasteiger charge is -2.32. The lowest BCUT2D eigenvalue weighted by molar-refractivity contribution is 0.00578. The van der Waals surface area contributed by atoms with E-state index in [2.05, 4.69) is 9.97 Å². The van der Waals surface area contributed by atoms with Crippen molar-refractivity contribution in [2.75, 3.05) is 0 Å². The Morgan fingerprint density at radius 1 is 1.14 bits per heavy atom. The van der Waals surface area contributed by atoms with Gasteiger partial charge in [-0.3, -0.25) is 0 Å². The second-order valence-corrected chi connectivity index (χ2v) is 6.26. The number of hydrogen-bond donors (Lipinski definition) is 1. The molecule has 0 atom stereocenters. The van der Waals surface area contributed by atoms with Crippen LogP contribution in [-0.4, -0.2) is 28.3 Å². The van der Waals surface area contributed by atoms with Crippen molar-refractivity contribution in [2.24, 2.45) is 0 Å². The Morgan fingerprint density at radius 3 is 2.33 bits per heavy atom. The molecule has 1 saturated heterocycles. The summed E-state index contributed by atoms with van der Waals surface area (Å²) in [6.07, 6.45) is 3.34. The molecule has 0 unspecified atom stereocenters. The van der Waals surface area contributed by atoms with Crippen molar-refractivity contribution in [3.63, 3.8) is 0 Å². The lowest BCUT2D eigenvalue weighted by atomic mass is 9.78. The molecule has 4 nitrogen and oxygen atoms in total. The highest BCUT2D eigenvalue weighted by atomic mass is 19.1. The molecule has 0 spiro atoms. The van der Waals surface area contributed by atoms with Crippen LogP contribution in [0.1, 0.15) is 27.7 Å². The topological polar surface area (TPSA) is 47.1 Å². The predicted molar refractivity (Wildman–Crippen MR) is 79.7 cm³/mol. The third kappa shape index (κ3) is 2.38. The molecule has 0 amide bonds. The van der Waals surface area contributed by atoms with E-state index in [1.807, 2.05) is 33.8 Å². The molecule has 1 fully saturated rings. The third-order valence-corrected chi connectivity index (χ3v) is 4.28. The van der Waals surface area contributed by atoms with Crippen LogP contribution in [0, 0.1) is 5.82 Å². The number of nitrogens with one attached hydrogen (secondary N) is 1. The quantitative estimate of drug-likeness (QED) is 0.864. The molecular formula is C15H18BFN2O2. The average Bonchev–Trinajstić information content (AvgIpc) is 2.96. The summed E-state index contributed by atoms with van der Waals surface area (Å²) in [4.78, 5) is 7.07. The molecule has 110 valence electrons. The second kappa shape index (κ2) is 4.68. The van der Waals surface area contributed by atoms with Crippen LogP contribution in [0.5, 0.6) is 0 Å². The van der Waals surface area contributed by atoms with E-state index in [0.29, 0.717) is 16.9 Å². The summed E-state index contributed by atoms with van der Waals surface area (Å²) >= 11 is 0. The van der Waals surface area contributed by atoms with E-state index in [4.69, 9.17) is 9.31 Å². The summed E-state index contributed by atoms with van der Waals surface area (Å²) in [5.74, 6) is 0.275. The number of aromatic nitrogens is 2. The van der Waals surface area contributed by atoms with E-state index in [-0.39, 0.29) is 5.82 Å². The van der Waals surface area contributed by atoms with Gasteiger partial charge >= 0.3 is 7.12 Å².